The second-order valence-corrected chi connectivity index (χ2v) is 7.05. The Bertz CT molecular complexity index is 624. The van der Waals surface area contributed by atoms with Crippen molar-refractivity contribution >= 4 is 38.9 Å². The average Bonchev–Trinajstić information content (AvgIpc) is 2.77. The van der Waals surface area contributed by atoms with Crippen LogP contribution in [0.1, 0.15) is 27.0 Å². The van der Waals surface area contributed by atoms with Crippen LogP contribution in [0.15, 0.2) is 34.8 Å². The molecule has 0 saturated carbocycles. The molecule has 3 N–H and O–H groups in total. The van der Waals surface area contributed by atoms with E-state index in [1.807, 2.05) is 6.92 Å². The SMILES string of the molecule is Cc1ccc(CC(C)NC(=O)c2ccc(Br)c(N)c2)s1. The van der Waals surface area contributed by atoms with Crippen LogP contribution in [-0.4, -0.2) is 11.9 Å². The van der Waals surface area contributed by atoms with Crippen LogP contribution in [0.4, 0.5) is 5.69 Å². The Balaban J connectivity index is 1.98. The second kappa shape index (κ2) is 6.41. The second-order valence-electron chi connectivity index (χ2n) is 4.83. The van der Waals surface area contributed by atoms with Gasteiger partial charge < -0.3 is 11.1 Å². The summed E-state index contributed by atoms with van der Waals surface area (Å²) in [5, 5.41) is 3.00. The number of hydrogen-bond donors (Lipinski definition) is 2. The molecule has 3 nitrogen and oxygen atoms in total. The Kier molecular flexibility index (Phi) is 4.83. The fourth-order valence-corrected chi connectivity index (χ4v) is 3.21. The summed E-state index contributed by atoms with van der Waals surface area (Å²) in [6, 6.07) is 9.53. The van der Waals surface area contributed by atoms with Crippen LogP contribution < -0.4 is 11.1 Å². The smallest absolute Gasteiger partial charge is 0.251 e. The van der Waals surface area contributed by atoms with E-state index >= 15 is 0 Å². The predicted octanol–water partition coefficient (Wildman–Crippen LogP) is 3.76. The van der Waals surface area contributed by atoms with Gasteiger partial charge in [0, 0.05) is 37.9 Å². The normalized spacial score (nSPS) is 12.2. The molecule has 0 bridgehead atoms. The molecule has 0 aliphatic carbocycles. The van der Waals surface area contributed by atoms with Crippen molar-refractivity contribution in [3.63, 3.8) is 0 Å². The van der Waals surface area contributed by atoms with Gasteiger partial charge in [0.1, 0.15) is 0 Å². The molecule has 106 valence electrons. The molecule has 2 rings (SSSR count). The first-order valence-corrected chi connectivity index (χ1v) is 7.98. The molecular formula is C15H17BrN2OS. The van der Waals surface area contributed by atoms with Crippen LogP contribution in [0.3, 0.4) is 0 Å². The predicted molar refractivity (Wildman–Crippen MR) is 88.2 cm³/mol. The number of amides is 1. The maximum absolute atomic E-state index is 12.1. The Morgan fingerprint density at radius 1 is 1.40 bits per heavy atom. The Morgan fingerprint density at radius 3 is 2.75 bits per heavy atom. The highest BCUT2D eigenvalue weighted by Gasteiger charge is 2.12. The number of carbonyl (C=O) groups is 1. The first kappa shape index (κ1) is 15.1. The number of benzene rings is 1. The molecule has 1 aromatic carbocycles. The number of nitrogen functional groups attached to an aromatic ring is 1. The molecule has 1 unspecified atom stereocenters. The van der Waals surface area contributed by atoms with E-state index in [1.54, 1.807) is 29.5 Å². The van der Waals surface area contributed by atoms with E-state index < -0.39 is 0 Å². The van der Waals surface area contributed by atoms with Gasteiger partial charge in [0.25, 0.3) is 5.91 Å². The summed E-state index contributed by atoms with van der Waals surface area (Å²) in [6.45, 7) is 4.09. The summed E-state index contributed by atoms with van der Waals surface area (Å²) in [4.78, 5) is 14.7. The average molecular weight is 353 g/mol. The Labute approximate surface area is 131 Å². The summed E-state index contributed by atoms with van der Waals surface area (Å²) >= 11 is 5.09. The lowest BCUT2D eigenvalue weighted by Gasteiger charge is -2.13. The molecule has 1 atom stereocenters. The van der Waals surface area contributed by atoms with Gasteiger partial charge in [0.2, 0.25) is 0 Å². The topological polar surface area (TPSA) is 55.1 Å². The Hall–Kier alpha value is -1.33. The maximum Gasteiger partial charge on any atom is 0.251 e. The molecule has 0 aliphatic rings. The third-order valence-corrected chi connectivity index (χ3v) is 4.68. The lowest BCUT2D eigenvalue weighted by molar-refractivity contribution is 0.0940. The zero-order valence-corrected chi connectivity index (χ0v) is 13.8. The highest BCUT2D eigenvalue weighted by Crippen LogP contribution is 2.20. The van der Waals surface area contributed by atoms with E-state index in [4.69, 9.17) is 5.73 Å². The highest BCUT2D eigenvalue weighted by molar-refractivity contribution is 9.10. The van der Waals surface area contributed by atoms with Crippen LogP contribution in [0.5, 0.6) is 0 Å². The summed E-state index contributed by atoms with van der Waals surface area (Å²) in [6.07, 6.45) is 0.844. The summed E-state index contributed by atoms with van der Waals surface area (Å²) in [5.74, 6) is -0.0926. The zero-order chi connectivity index (χ0) is 14.7. The molecule has 1 aromatic heterocycles. The van der Waals surface area contributed by atoms with Gasteiger partial charge in [-0.05, 0) is 60.1 Å². The lowest BCUT2D eigenvalue weighted by atomic mass is 10.1. The molecule has 5 heteroatoms. The molecule has 2 aromatic rings. The van der Waals surface area contributed by atoms with E-state index in [0.717, 1.165) is 10.9 Å². The van der Waals surface area contributed by atoms with Crippen molar-refractivity contribution in [1.29, 1.82) is 0 Å². The van der Waals surface area contributed by atoms with Gasteiger partial charge >= 0.3 is 0 Å². The van der Waals surface area contributed by atoms with E-state index in [0.29, 0.717) is 11.3 Å². The largest absolute Gasteiger partial charge is 0.398 e. The number of anilines is 1. The van der Waals surface area contributed by atoms with Gasteiger partial charge in [0.05, 0.1) is 0 Å². The van der Waals surface area contributed by atoms with Crippen molar-refractivity contribution in [3.05, 3.63) is 50.1 Å². The van der Waals surface area contributed by atoms with E-state index in [1.165, 1.54) is 9.75 Å². The lowest BCUT2D eigenvalue weighted by Crippen LogP contribution is -2.33. The van der Waals surface area contributed by atoms with Crippen molar-refractivity contribution in [3.8, 4) is 0 Å². The van der Waals surface area contributed by atoms with Gasteiger partial charge in [-0.3, -0.25) is 4.79 Å². The minimum atomic E-state index is -0.0926. The molecular weight excluding hydrogens is 336 g/mol. The number of rotatable bonds is 4. The Morgan fingerprint density at radius 2 is 2.15 bits per heavy atom. The maximum atomic E-state index is 12.1. The quantitative estimate of drug-likeness (QED) is 0.823. The summed E-state index contributed by atoms with van der Waals surface area (Å²) in [7, 11) is 0. The minimum absolute atomic E-state index is 0.0884. The molecule has 20 heavy (non-hydrogen) atoms. The molecule has 1 heterocycles. The number of nitrogens with two attached hydrogens (primary N) is 1. The zero-order valence-electron chi connectivity index (χ0n) is 11.4. The van der Waals surface area contributed by atoms with E-state index in [-0.39, 0.29) is 11.9 Å². The van der Waals surface area contributed by atoms with Gasteiger partial charge in [-0.15, -0.1) is 11.3 Å². The molecule has 0 saturated heterocycles. The van der Waals surface area contributed by atoms with Crippen LogP contribution in [0, 0.1) is 6.92 Å². The monoisotopic (exact) mass is 352 g/mol. The van der Waals surface area contributed by atoms with Crippen LogP contribution in [0.25, 0.3) is 0 Å². The van der Waals surface area contributed by atoms with Crippen molar-refractivity contribution in [2.75, 3.05) is 5.73 Å². The standard InChI is InChI=1S/C15H17BrN2OS/c1-9(7-12-5-3-10(2)20-12)18-15(19)11-4-6-13(16)14(17)8-11/h3-6,8-9H,7,17H2,1-2H3,(H,18,19). The molecule has 0 spiro atoms. The van der Waals surface area contributed by atoms with Gasteiger partial charge in [-0.1, -0.05) is 0 Å². The first-order chi connectivity index (χ1) is 9.45. The third-order valence-electron chi connectivity index (χ3n) is 2.94. The van der Waals surface area contributed by atoms with Crippen LogP contribution in [-0.2, 0) is 6.42 Å². The number of halogens is 1. The van der Waals surface area contributed by atoms with Crippen molar-refractivity contribution < 1.29 is 4.79 Å². The molecule has 1 amide bonds. The van der Waals surface area contributed by atoms with Gasteiger partial charge in [-0.2, -0.15) is 0 Å². The summed E-state index contributed by atoms with van der Waals surface area (Å²) in [5.41, 5.74) is 6.94. The van der Waals surface area contributed by atoms with Crippen LogP contribution in [0.2, 0.25) is 0 Å². The summed E-state index contributed by atoms with van der Waals surface area (Å²) < 4.78 is 0.802. The number of hydrogen-bond acceptors (Lipinski definition) is 3. The fraction of sp³-hybridized carbons (Fsp3) is 0.267. The van der Waals surface area contributed by atoms with Crippen molar-refractivity contribution in [1.82, 2.24) is 5.32 Å². The van der Waals surface area contributed by atoms with E-state index in [2.05, 4.69) is 40.3 Å². The first-order valence-electron chi connectivity index (χ1n) is 6.37. The van der Waals surface area contributed by atoms with Crippen molar-refractivity contribution in [2.24, 2.45) is 0 Å². The molecule has 0 aliphatic heterocycles. The van der Waals surface area contributed by atoms with Crippen LogP contribution >= 0.6 is 27.3 Å². The third kappa shape index (κ3) is 3.84. The molecule has 0 fully saturated rings. The number of aryl methyl sites for hydroxylation is 1. The number of nitrogens with one attached hydrogen (secondary N) is 1. The number of carbonyl (C=O) groups excluding carboxylic acids is 1. The number of thiophene rings is 1. The highest BCUT2D eigenvalue weighted by atomic mass is 79.9. The van der Waals surface area contributed by atoms with E-state index in [9.17, 15) is 4.79 Å². The van der Waals surface area contributed by atoms with Gasteiger partial charge in [0.15, 0.2) is 0 Å². The fourth-order valence-electron chi connectivity index (χ4n) is 1.94. The minimum Gasteiger partial charge on any atom is -0.398 e. The van der Waals surface area contributed by atoms with Gasteiger partial charge in [-0.25, -0.2) is 0 Å². The molecule has 0 radical (unpaired) electrons. The van der Waals surface area contributed by atoms with Crippen molar-refractivity contribution in [2.45, 2.75) is 26.3 Å².